The molecule has 2 N–H and O–H groups in total. The zero-order valence-electron chi connectivity index (χ0n) is 6.76. The molecule has 1 heterocycles. The third-order valence-corrected chi connectivity index (χ3v) is 2.73. The van der Waals surface area contributed by atoms with Crippen molar-refractivity contribution < 1.29 is 0 Å². The fourth-order valence-electron chi connectivity index (χ4n) is 1.66. The molecule has 1 unspecified atom stereocenters. The van der Waals surface area contributed by atoms with Crippen molar-refractivity contribution in [3.63, 3.8) is 0 Å². The highest BCUT2D eigenvalue weighted by atomic mass is 79.9. The zero-order valence-corrected chi connectivity index (χ0v) is 8.34. The maximum absolute atomic E-state index is 5.95. The van der Waals surface area contributed by atoms with Crippen molar-refractivity contribution in [2.75, 3.05) is 0 Å². The predicted octanol–water partition coefficient (Wildman–Crippen LogP) is 2.18. The van der Waals surface area contributed by atoms with Crippen molar-refractivity contribution in [1.29, 1.82) is 0 Å². The Morgan fingerprint density at radius 2 is 2.42 bits per heavy atom. The summed E-state index contributed by atoms with van der Waals surface area (Å²) < 4.78 is 1.03. The maximum Gasteiger partial charge on any atom is 0.0452 e. The van der Waals surface area contributed by atoms with Gasteiger partial charge in [-0.15, -0.1) is 0 Å². The predicted molar refractivity (Wildman–Crippen MR) is 51.8 cm³/mol. The molecule has 0 amide bonds. The minimum absolute atomic E-state index is 0.193. The largest absolute Gasteiger partial charge is 0.324 e. The van der Waals surface area contributed by atoms with Crippen LogP contribution in [0.5, 0.6) is 0 Å². The van der Waals surface area contributed by atoms with Gasteiger partial charge >= 0.3 is 0 Å². The van der Waals surface area contributed by atoms with Gasteiger partial charge in [-0.25, -0.2) is 0 Å². The number of fused-ring (bicyclic) bond motifs is 1. The van der Waals surface area contributed by atoms with Gasteiger partial charge < -0.3 is 5.73 Å². The summed E-state index contributed by atoms with van der Waals surface area (Å²) in [5.74, 6) is 0. The number of aryl methyl sites for hydroxylation is 1. The number of halogens is 1. The van der Waals surface area contributed by atoms with Crippen LogP contribution in [0.1, 0.15) is 30.1 Å². The average molecular weight is 227 g/mol. The smallest absolute Gasteiger partial charge is 0.0452 e. The summed E-state index contributed by atoms with van der Waals surface area (Å²) in [5, 5.41) is 0. The van der Waals surface area contributed by atoms with Crippen LogP contribution in [0.4, 0.5) is 0 Å². The molecule has 1 aliphatic carbocycles. The topological polar surface area (TPSA) is 38.9 Å². The standard InChI is InChI=1S/C9H11BrN2/c10-6-4-7-8(11)2-1-3-9(7)12-5-6/h4-5,8H,1-3,11H2. The van der Waals surface area contributed by atoms with E-state index in [0.717, 1.165) is 17.3 Å². The van der Waals surface area contributed by atoms with Gasteiger partial charge in [0.2, 0.25) is 0 Å². The fourth-order valence-corrected chi connectivity index (χ4v) is 2.01. The molecule has 12 heavy (non-hydrogen) atoms. The first-order valence-electron chi connectivity index (χ1n) is 4.17. The van der Waals surface area contributed by atoms with Gasteiger partial charge in [-0.05, 0) is 46.8 Å². The number of aromatic nitrogens is 1. The van der Waals surface area contributed by atoms with Crippen molar-refractivity contribution in [2.45, 2.75) is 25.3 Å². The maximum atomic E-state index is 5.95. The highest BCUT2D eigenvalue weighted by Crippen LogP contribution is 2.28. The van der Waals surface area contributed by atoms with Gasteiger partial charge in [-0.2, -0.15) is 0 Å². The van der Waals surface area contributed by atoms with Gasteiger partial charge in [0.05, 0.1) is 0 Å². The van der Waals surface area contributed by atoms with E-state index < -0.39 is 0 Å². The molecular weight excluding hydrogens is 216 g/mol. The molecule has 0 spiro atoms. The van der Waals surface area contributed by atoms with Crippen molar-refractivity contribution >= 4 is 15.9 Å². The quantitative estimate of drug-likeness (QED) is 0.737. The molecule has 2 nitrogen and oxygen atoms in total. The number of pyridine rings is 1. The molecule has 0 saturated carbocycles. The van der Waals surface area contributed by atoms with Gasteiger partial charge in [0, 0.05) is 22.4 Å². The first-order valence-corrected chi connectivity index (χ1v) is 4.96. The molecule has 1 atom stereocenters. The fraction of sp³-hybridized carbons (Fsp3) is 0.444. The second kappa shape index (κ2) is 3.15. The molecule has 0 radical (unpaired) electrons. The van der Waals surface area contributed by atoms with Crippen molar-refractivity contribution in [1.82, 2.24) is 4.98 Å². The molecule has 0 fully saturated rings. The molecule has 0 aromatic carbocycles. The van der Waals surface area contributed by atoms with Crippen LogP contribution in [0.15, 0.2) is 16.7 Å². The van der Waals surface area contributed by atoms with E-state index in [1.807, 2.05) is 6.20 Å². The monoisotopic (exact) mass is 226 g/mol. The highest BCUT2D eigenvalue weighted by Gasteiger charge is 2.17. The third kappa shape index (κ3) is 1.39. The van der Waals surface area contributed by atoms with Crippen molar-refractivity contribution in [3.8, 4) is 0 Å². The van der Waals surface area contributed by atoms with E-state index in [4.69, 9.17) is 5.73 Å². The number of hydrogen-bond acceptors (Lipinski definition) is 2. The summed E-state index contributed by atoms with van der Waals surface area (Å²) >= 11 is 3.40. The SMILES string of the molecule is NC1CCCc2ncc(Br)cc21. The Balaban J connectivity index is 2.47. The van der Waals surface area contributed by atoms with E-state index in [2.05, 4.69) is 27.0 Å². The normalized spacial score (nSPS) is 22.0. The van der Waals surface area contributed by atoms with E-state index in [0.29, 0.717) is 0 Å². The molecule has 64 valence electrons. The second-order valence-electron chi connectivity index (χ2n) is 3.19. The van der Waals surface area contributed by atoms with Crippen LogP contribution in [0, 0.1) is 0 Å². The Labute approximate surface area is 80.3 Å². The van der Waals surface area contributed by atoms with Gasteiger partial charge in [0.15, 0.2) is 0 Å². The first kappa shape index (κ1) is 8.20. The van der Waals surface area contributed by atoms with Crippen LogP contribution in [0.3, 0.4) is 0 Å². The molecule has 3 heteroatoms. The van der Waals surface area contributed by atoms with Crippen LogP contribution in [-0.2, 0) is 6.42 Å². The van der Waals surface area contributed by atoms with Gasteiger partial charge in [0.1, 0.15) is 0 Å². The lowest BCUT2D eigenvalue weighted by Gasteiger charge is -2.20. The van der Waals surface area contributed by atoms with Gasteiger partial charge in [-0.1, -0.05) is 0 Å². The summed E-state index contributed by atoms with van der Waals surface area (Å²) in [6.45, 7) is 0. The zero-order chi connectivity index (χ0) is 8.55. The minimum atomic E-state index is 0.193. The summed E-state index contributed by atoms with van der Waals surface area (Å²) in [6.07, 6.45) is 5.18. The van der Waals surface area contributed by atoms with E-state index in [9.17, 15) is 0 Å². The van der Waals surface area contributed by atoms with E-state index in [1.165, 1.54) is 17.7 Å². The van der Waals surface area contributed by atoms with E-state index >= 15 is 0 Å². The summed E-state index contributed by atoms with van der Waals surface area (Å²) in [4.78, 5) is 4.34. The van der Waals surface area contributed by atoms with Gasteiger partial charge in [0.25, 0.3) is 0 Å². The van der Waals surface area contributed by atoms with Crippen molar-refractivity contribution in [2.24, 2.45) is 5.73 Å². The Morgan fingerprint density at radius 1 is 1.58 bits per heavy atom. The van der Waals surface area contributed by atoms with Gasteiger partial charge in [-0.3, -0.25) is 4.98 Å². The first-order chi connectivity index (χ1) is 5.77. The summed E-state index contributed by atoms with van der Waals surface area (Å²) in [6, 6.07) is 2.28. The summed E-state index contributed by atoms with van der Waals surface area (Å²) in [5.41, 5.74) is 8.35. The Hall–Kier alpha value is -0.410. The third-order valence-electron chi connectivity index (χ3n) is 2.30. The average Bonchev–Trinajstić information content (AvgIpc) is 2.07. The van der Waals surface area contributed by atoms with Crippen LogP contribution in [0.2, 0.25) is 0 Å². The highest BCUT2D eigenvalue weighted by molar-refractivity contribution is 9.10. The van der Waals surface area contributed by atoms with Crippen LogP contribution in [-0.4, -0.2) is 4.98 Å². The second-order valence-corrected chi connectivity index (χ2v) is 4.10. The molecule has 1 aliphatic rings. The molecule has 1 aromatic rings. The van der Waals surface area contributed by atoms with Crippen LogP contribution < -0.4 is 5.73 Å². The minimum Gasteiger partial charge on any atom is -0.324 e. The Kier molecular flexibility index (Phi) is 2.15. The van der Waals surface area contributed by atoms with Crippen LogP contribution in [0.25, 0.3) is 0 Å². The number of rotatable bonds is 0. The lowest BCUT2D eigenvalue weighted by atomic mass is 9.92. The number of nitrogens with two attached hydrogens (primary N) is 1. The Morgan fingerprint density at radius 3 is 3.25 bits per heavy atom. The lowest BCUT2D eigenvalue weighted by Crippen LogP contribution is -2.18. The molecule has 0 saturated heterocycles. The molecule has 2 rings (SSSR count). The molecular formula is C9H11BrN2. The summed E-state index contributed by atoms with van der Waals surface area (Å²) in [7, 11) is 0. The van der Waals surface area contributed by atoms with E-state index in [1.54, 1.807) is 0 Å². The molecule has 0 bridgehead atoms. The van der Waals surface area contributed by atoms with Crippen molar-refractivity contribution in [3.05, 3.63) is 28.0 Å². The lowest BCUT2D eigenvalue weighted by molar-refractivity contribution is 0.559. The Bertz CT molecular complexity index is 299. The molecule has 1 aromatic heterocycles. The van der Waals surface area contributed by atoms with E-state index in [-0.39, 0.29) is 6.04 Å². The number of nitrogens with zero attached hydrogens (tertiary/aromatic N) is 1. The molecule has 0 aliphatic heterocycles. The number of hydrogen-bond donors (Lipinski definition) is 1. The van der Waals surface area contributed by atoms with Crippen LogP contribution >= 0.6 is 15.9 Å².